The summed E-state index contributed by atoms with van der Waals surface area (Å²) in [6, 6.07) is 9.15. The molecule has 2 heterocycles. The van der Waals surface area contributed by atoms with E-state index in [9.17, 15) is 9.59 Å². The molecule has 18 heavy (non-hydrogen) atoms. The van der Waals surface area contributed by atoms with Crippen LogP contribution < -0.4 is 16.0 Å². The summed E-state index contributed by atoms with van der Waals surface area (Å²) in [6.07, 6.45) is 1.52. The van der Waals surface area contributed by atoms with Crippen molar-refractivity contribution in [3.05, 3.63) is 62.9 Å². The Labute approximate surface area is 103 Å². The van der Waals surface area contributed by atoms with Gasteiger partial charge in [0.15, 0.2) is 0 Å². The minimum Gasteiger partial charge on any atom is -0.493 e. The van der Waals surface area contributed by atoms with E-state index in [2.05, 4.69) is 4.98 Å². The average Bonchev–Trinajstić information content (AvgIpc) is 2.76. The maximum Gasteiger partial charge on any atom is 0.328 e. The van der Waals surface area contributed by atoms with Crippen LogP contribution in [-0.2, 0) is 6.54 Å². The lowest BCUT2D eigenvalue weighted by Crippen LogP contribution is -2.30. The van der Waals surface area contributed by atoms with E-state index >= 15 is 0 Å². The number of hydrogen-bond donors (Lipinski definition) is 1. The minimum absolute atomic E-state index is 0.143. The Kier molecular flexibility index (Phi) is 2.51. The van der Waals surface area contributed by atoms with Gasteiger partial charge in [0.2, 0.25) is 0 Å². The Bertz CT molecular complexity index is 687. The van der Waals surface area contributed by atoms with Gasteiger partial charge in [0, 0.05) is 30.3 Å². The molecule has 3 rings (SSSR count). The molecule has 1 N–H and O–H groups in total. The van der Waals surface area contributed by atoms with E-state index in [-0.39, 0.29) is 17.2 Å². The van der Waals surface area contributed by atoms with Gasteiger partial charge in [-0.3, -0.25) is 14.3 Å². The number of aromatic nitrogens is 2. The third-order valence-electron chi connectivity index (χ3n) is 3.11. The van der Waals surface area contributed by atoms with Crippen LogP contribution in [0.4, 0.5) is 0 Å². The molecule has 0 saturated heterocycles. The van der Waals surface area contributed by atoms with Crippen LogP contribution in [0.25, 0.3) is 0 Å². The van der Waals surface area contributed by atoms with Gasteiger partial charge in [-0.2, -0.15) is 0 Å². The first-order chi connectivity index (χ1) is 8.74. The lowest BCUT2D eigenvalue weighted by atomic mass is 10.0. The highest BCUT2D eigenvalue weighted by molar-refractivity contribution is 5.39. The quantitative estimate of drug-likeness (QED) is 0.846. The van der Waals surface area contributed by atoms with Crippen LogP contribution in [-0.4, -0.2) is 16.2 Å². The zero-order valence-corrected chi connectivity index (χ0v) is 9.63. The van der Waals surface area contributed by atoms with Crippen LogP contribution in [0.1, 0.15) is 11.5 Å². The fourth-order valence-electron chi connectivity index (χ4n) is 2.21. The van der Waals surface area contributed by atoms with E-state index in [1.54, 1.807) is 0 Å². The largest absolute Gasteiger partial charge is 0.493 e. The standard InChI is InChI=1S/C13H12N2O3/c16-12-5-6-15(13(17)14-12)7-9-8-18-11-4-2-1-3-10(9)11/h1-6,9H,7-8H2,(H,14,16,17). The number of ether oxygens (including phenoxy) is 1. The predicted octanol–water partition coefficient (Wildman–Crippen LogP) is 0.713. The van der Waals surface area contributed by atoms with Crippen molar-refractivity contribution < 1.29 is 4.74 Å². The highest BCUT2D eigenvalue weighted by Crippen LogP contribution is 2.33. The van der Waals surface area contributed by atoms with E-state index in [0.717, 1.165) is 11.3 Å². The molecule has 0 bridgehead atoms. The molecular weight excluding hydrogens is 232 g/mol. The van der Waals surface area contributed by atoms with E-state index in [1.165, 1.54) is 16.8 Å². The molecule has 1 unspecified atom stereocenters. The molecule has 0 saturated carbocycles. The molecule has 0 radical (unpaired) electrons. The third kappa shape index (κ3) is 1.84. The van der Waals surface area contributed by atoms with Gasteiger partial charge >= 0.3 is 5.69 Å². The maximum absolute atomic E-state index is 11.6. The molecule has 1 aromatic heterocycles. The molecule has 5 nitrogen and oxygen atoms in total. The zero-order chi connectivity index (χ0) is 12.5. The van der Waals surface area contributed by atoms with Gasteiger partial charge in [-0.05, 0) is 6.07 Å². The topological polar surface area (TPSA) is 64.1 Å². The maximum atomic E-state index is 11.6. The Morgan fingerprint density at radius 2 is 2.11 bits per heavy atom. The van der Waals surface area contributed by atoms with Crippen LogP contribution in [0.2, 0.25) is 0 Å². The molecule has 92 valence electrons. The second-order valence-electron chi connectivity index (χ2n) is 4.31. The zero-order valence-electron chi connectivity index (χ0n) is 9.63. The second kappa shape index (κ2) is 4.18. The molecule has 1 aromatic carbocycles. The van der Waals surface area contributed by atoms with Crippen molar-refractivity contribution in [3.63, 3.8) is 0 Å². The number of H-pyrrole nitrogens is 1. The lowest BCUT2D eigenvalue weighted by Gasteiger charge is -2.10. The van der Waals surface area contributed by atoms with Gasteiger partial charge in [0.25, 0.3) is 5.56 Å². The van der Waals surface area contributed by atoms with E-state index in [1.807, 2.05) is 24.3 Å². The van der Waals surface area contributed by atoms with Crippen molar-refractivity contribution in [2.24, 2.45) is 0 Å². The molecule has 0 fully saturated rings. The summed E-state index contributed by atoms with van der Waals surface area (Å²) in [4.78, 5) is 24.8. The third-order valence-corrected chi connectivity index (χ3v) is 3.11. The molecule has 1 aliphatic rings. The average molecular weight is 244 g/mol. The van der Waals surface area contributed by atoms with Gasteiger partial charge in [0.05, 0.1) is 6.61 Å². The lowest BCUT2D eigenvalue weighted by molar-refractivity contribution is 0.317. The van der Waals surface area contributed by atoms with E-state index in [0.29, 0.717) is 13.2 Å². The van der Waals surface area contributed by atoms with Crippen LogP contribution in [0.15, 0.2) is 46.1 Å². The highest BCUT2D eigenvalue weighted by atomic mass is 16.5. The summed E-state index contributed by atoms with van der Waals surface area (Å²) >= 11 is 0. The van der Waals surface area contributed by atoms with Crippen molar-refractivity contribution in [1.29, 1.82) is 0 Å². The number of nitrogens with zero attached hydrogens (tertiary/aromatic N) is 1. The van der Waals surface area contributed by atoms with Gasteiger partial charge in [0.1, 0.15) is 5.75 Å². The van der Waals surface area contributed by atoms with Gasteiger partial charge in [-0.1, -0.05) is 18.2 Å². The molecule has 5 heteroatoms. The van der Waals surface area contributed by atoms with Crippen molar-refractivity contribution >= 4 is 0 Å². The number of benzene rings is 1. The fourth-order valence-corrected chi connectivity index (χ4v) is 2.21. The molecule has 0 amide bonds. The number of fused-ring (bicyclic) bond motifs is 1. The van der Waals surface area contributed by atoms with Gasteiger partial charge in [-0.15, -0.1) is 0 Å². The SMILES string of the molecule is O=c1ccn(CC2COc3ccccc32)c(=O)[nH]1. The molecule has 1 atom stereocenters. The molecular formula is C13H12N2O3. The molecule has 2 aromatic rings. The smallest absolute Gasteiger partial charge is 0.328 e. The Balaban J connectivity index is 1.91. The van der Waals surface area contributed by atoms with Crippen LogP contribution in [0, 0.1) is 0 Å². The molecule has 0 spiro atoms. The molecule has 0 aliphatic carbocycles. The van der Waals surface area contributed by atoms with Crippen LogP contribution >= 0.6 is 0 Å². The van der Waals surface area contributed by atoms with Crippen molar-refractivity contribution in [3.8, 4) is 5.75 Å². The normalized spacial score (nSPS) is 17.2. The van der Waals surface area contributed by atoms with Crippen LogP contribution in [0.3, 0.4) is 0 Å². The summed E-state index contributed by atoms with van der Waals surface area (Å²) in [6.45, 7) is 1.07. The Morgan fingerprint density at radius 3 is 2.94 bits per heavy atom. The van der Waals surface area contributed by atoms with Crippen molar-refractivity contribution in [2.75, 3.05) is 6.61 Å². The Hall–Kier alpha value is -2.30. The van der Waals surface area contributed by atoms with Gasteiger partial charge < -0.3 is 4.74 Å². The first kappa shape index (κ1) is 10.8. The van der Waals surface area contributed by atoms with Crippen molar-refractivity contribution in [2.45, 2.75) is 12.5 Å². The van der Waals surface area contributed by atoms with Gasteiger partial charge in [-0.25, -0.2) is 4.79 Å². The number of rotatable bonds is 2. The summed E-state index contributed by atoms with van der Waals surface area (Å²) in [5, 5.41) is 0. The number of para-hydroxylation sites is 1. The minimum atomic E-state index is -0.383. The monoisotopic (exact) mass is 244 g/mol. The van der Waals surface area contributed by atoms with Crippen molar-refractivity contribution in [1.82, 2.24) is 9.55 Å². The molecule has 1 aliphatic heterocycles. The Morgan fingerprint density at radius 1 is 1.28 bits per heavy atom. The summed E-state index contributed by atoms with van der Waals surface area (Å²) in [5.41, 5.74) is 0.349. The predicted molar refractivity (Wildman–Crippen MR) is 66.0 cm³/mol. The first-order valence-corrected chi connectivity index (χ1v) is 5.75. The first-order valence-electron chi connectivity index (χ1n) is 5.75. The highest BCUT2D eigenvalue weighted by Gasteiger charge is 2.24. The van der Waals surface area contributed by atoms with Crippen LogP contribution in [0.5, 0.6) is 5.75 Å². The number of nitrogens with one attached hydrogen (secondary N) is 1. The number of aromatic amines is 1. The summed E-state index contributed by atoms with van der Waals surface area (Å²) in [7, 11) is 0. The second-order valence-corrected chi connectivity index (χ2v) is 4.31. The fraction of sp³-hybridized carbons (Fsp3) is 0.231. The summed E-state index contributed by atoms with van der Waals surface area (Å²) in [5.74, 6) is 1.02. The van der Waals surface area contributed by atoms with E-state index < -0.39 is 0 Å². The van der Waals surface area contributed by atoms with E-state index in [4.69, 9.17) is 4.74 Å². The number of hydrogen-bond acceptors (Lipinski definition) is 3. The summed E-state index contributed by atoms with van der Waals surface area (Å²) < 4.78 is 7.06.